The van der Waals surface area contributed by atoms with Gasteiger partial charge < -0.3 is 29.2 Å². The largest absolute Gasteiger partial charge is 0.462 e. The molecule has 7 nitrogen and oxygen atoms in total. The number of hydrogen-bond acceptors (Lipinski definition) is 7. The Balaban J connectivity index is 1.13. The Labute approximate surface area is 268 Å². The second-order valence-corrected chi connectivity index (χ2v) is 14.3. The van der Waals surface area contributed by atoms with Gasteiger partial charge in [0.05, 0.1) is 42.5 Å². The molecule has 256 valence electrons. The zero-order valence-corrected chi connectivity index (χ0v) is 28.2. The third-order valence-corrected chi connectivity index (χ3v) is 10.3. The van der Waals surface area contributed by atoms with Crippen molar-refractivity contribution < 1.29 is 34.0 Å². The number of aliphatic hydroxyl groups excluding tert-OH is 2. The van der Waals surface area contributed by atoms with Gasteiger partial charge in [-0.3, -0.25) is 4.79 Å². The Kier molecular flexibility index (Phi) is 18.5. The van der Waals surface area contributed by atoms with Crippen molar-refractivity contribution in [3.05, 3.63) is 0 Å². The van der Waals surface area contributed by atoms with Gasteiger partial charge in [-0.1, -0.05) is 103 Å². The summed E-state index contributed by atoms with van der Waals surface area (Å²) in [5, 5.41) is 21.4. The lowest BCUT2D eigenvalue weighted by molar-refractivity contribution is -0.145. The van der Waals surface area contributed by atoms with Gasteiger partial charge >= 0.3 is 5.97 Å². The van der Waals surface area contributed by atoms with Crippen LogP contribution < -0.4 is 0 Å². The Bertz CT molecular complexity index is 788. The first kappa shape index (κ1) is 37.4. The monoisotopic (exact) mass is 622 g/mol. The quantitative estimate of drug-likeness (QED) is 0.0782. The molecule has 7 heteroatoms. The molecule has 0 bridgehead atoms. The molecule has 0 aromatic carbocycles. The minimum atomic E-state index is -0.399. The summed E-state index contributed by atoms with van der Waals surface area (Å²) in [7, 11) is 0. The van der Waals surface area contributed by atoms with Gasteiger partial charge in [0, 0.05) is 6.42 Å². The minimum absolute atomic E-state index is 0.00211. The van der Waals surface area contributed by atoms with Gasteiger partial charge in [-0.2, -0.15) is 0 Å². The lowest BCUT2D eigenvalue weighted by Gasteiger charge is -2.24. The number of esters is 1. The number of ketones is 1. The molecule has 8 atom stereocenters. The Morgan fingerprint density at radius 1 is 0.705 bits per heavy atom. The second kappa shape index (κ2) is 21.7. The Morgan fingerprint density at radius 2 is 1.16 bits per heavy atom. The molecular weight excluding hydrogens is 556 g/mol. The summed E-state index contributed by atoms with van der Waals surface area (Å²) >= 11 is 0. The van der Waals surface area contributed by atoms with Crippen LogP contribution in [-0.4, -0.2) is 64.7 Å². The fourth-order valence-electron chi connectivity index (χ4n) is 7.55. The molecule has 3 saturated heterocycles. The summed E-state index contributed by atoms with van der Waals surface area (Å²) in [6.07, 6.45) is 26.0. The zero-order chi connectivity index (χ0) is 31.6. The van der Waals surface area contributed by atoms with Crippen molar-refractivity contribution >= 4 is 11.8 Å². The first-order valence-corrected chi connectivity index (χ1v) is 18.7. The maximum absolute atomic E-state index is 11.9. The average molecular weight is 623 g/mol. The molecule has 0 spiro atoms. The van der Waals surface area contributed by atoms with E-state index in [1.807, 2.05) is 0 Å². The normalized spacial score (nSPS) is 28.4. The Morgan fingerprint density at radius 3 is 1.64 bits per heavy atom. The van der Waals surface area contributed by atoms with Crippen molar-refractivity contribution in [2.45, 2.75) is 217 Å². The SMILES string of the molecule is CCCCCCCCCC[C@H](O)[C@H]1CC[C@H]([C@H]2CC[C@H]([C@H](O)CCCCCCCCCC[C@H]3C[C@@H](CC(C)=O)C(=O)O3)O2)O1. The standard InChI is InChI=1S/C37H66O7/c1-3-4-5-6-7-11-14-17-20-31(39)33-22-24-35(43-33)36-25-23-34(44-36)32(40)21-18-15-12-9-8-10-13-16-19-30-27-29(26-28(2)38)37(41)42-30/h29-36,39-40H,3-27H2,1-2H3/t29-,30+,31+,32-,33-,34-,35-,36-/m1/s1. The number of ether oxygens (including phenoxy) is 3. The number of unbranched alkanes of at least 4 members (excludes halogenated alkanes) is 14. The molecule has 0 amide bonds. The molecule has 0 radical (unpaired) electrons. The summed E-state index contributed by atoms with van der Waals surface area (Å²) in [4.78, 5) is 23.1. The van der Waals surface area contributed by atoms with E-state index in [4.69, 9.17) is 14.2 Å². The molecule has 3 aliphatic heterocycles. The van der Waals surface area contributed by atoms with E-state index >= 15 is 0 Å². The Hall–Kier alpha value is -1.02. The molecule has 3 aliphatic rings. The third kappa shape index (κ3) is 14.2. The van der Waals surface area contributed by atoms with Gasteiger partial charge in [0.2, 0.25) is 0 Å². The van der Waals surface area contributed by atoms with E-state index < -0.39 is 6.10 Å². The smallest absolute Gasteiger partial charge is 0.309 e. The number of cyclic esters (lactones) is 1. The summed E-state index contributed by atoms with van der Waals surface area (Å²) in [6.45, 7) is 3.79. The van der Waals surface area contributed by atoms with Crippen molar-refractivity contribution in [2.75, 3.05) is 0 Å². The molecule has 0 aromatic rings. The van der Waals surface area contributed by atoms with Crippen molar-refractivity contribution in [1.82, 2.24) is 0 Å². The number of carbonyl (C=O) groups is 2. The first-order chi connectivity index (χ1) is 21.4. The van der Waals surface area contributed by atoms with E-state index in [2.05, 4.69) is 6.92 Å². The molecule has 44 heavy (non-hydrogen) atoms. The third-order valence-electron chi connectivity index (χ3n) is 10.3. The van der Waals surface area contributed by atoms with Crippen LogP contribution in [0.4, 0.5) is 0 Å². The molecule has 3 rings (SSSR count). The summed E-state index contributed by atoms with van der Waals surface area (Å²) < 4.78 is 18.0. The van der Waals surface area contributed by atoms with Gasteiger partial charge in [-0.25, -0.2) is 0 Å². The van der Waals surface area contributed by atoms with Crippen molar-refractivity contribution in [3.8, 4) is 0 Å². The van der Waals surface area contributed by atoms with Crippen LogP contribution >= 0.6 is 0 Å². The summed E-state index contributed by atoms with van der Waals surface area (Å²) in [5.41, 5.74) is 0. The molecule has 2 N–H and O–H groups in total. The van der Waals surface area contributed by atoms with E-state index in [9.17, 15) is 19.8 Å². The first-order valence-electron chi connectivity index (χ1n) is 18.7. The molecule has 3 fully saturated rings. The highest BCUT2D eigenvalue weighted by atomic mass is 16.6. The lowest BCUT2D eigenvalue weighted by atomic mass is 9.96. The van der Waals surface area contributed by atoms with Crippen molar-refractivity contribution in [1.29, 1.82) is 0 Å². The predicted octanol–water partition coefficient (Wildman–Crippen LogP) is 8.15. The number of rotatable bonds is 25. The van der Waals surface area contributed by atoms with Crippen LogP contribution in [0, 0.1) is 5.92 Å². The number of aliphatic hydroxyl groups is 2. The molecule has 0 aromatic heterocycles. The van der Waals surface area contributed by atoms with E-state index in [1.54, 1.807) is 0 Å². The van der Waals surface area contributed by atoms with Gasteiger partial charge in [0.15, 0.2) is 0 Å². The molecule has 0 aliphatic carbocycles. The van der Waals surface area contributed by atoms with E-state index in [-0.39, 0.29) is 54.3 Å². The van der Waals surface area contributed by atoms with Crippen LogP contribution in [0.1, 0.15) is 174 Å². The summed E-state index contributed by atoms with van der Waals surface area (Å²) in [6, 6.07) is 0. The number of Topliss-reactive ketones (excluding diaryl/α,β-unsaturated/α-hetero) is 1. The predicted molar refractivity (Wildman–Crippen MR) is 174 cm³/mol. The minimum Gasteiger partial charge on any atom is -0.462 e. The molecular formula is C37H66O7. The average Bonchev–Trinajstić information content (AvgIpc) is 3.75. The van der Waals surface area contributed by atoms with Crippen molar-refractivity contribution in [2.24, 2.45) is 5.92 Å². The fraction of sp³-hybridized carbons (Fsp3) is 0.946. The van der Waals surface area contributed by atoms with Gasteiger partial charge in [0.25, 0.3) is 0 Å². The van der Waals surface area contributed by atoms with Gasteiger partial charge in [0.1, 0.15) is 11.9 Å². The van der Waals surface area contributed by atoms with E-state index in [1.165, 1.54) is 77.6 Å². The topological polar surface area (TPSA) is 102 Å². The van der Waals surface area contributed by atoms with Crippen LogP contribution in [0.3, 0.4) is 0 Å². The molecule has 3 heterocycles. The number of carbonyl (C=O) groups excluding carboxylic acids is 2. The maximum Gasteiger partial charge on any atom is 0.309 e. The van der Waals surface area contributed by atoms with Crippen molar-refractivity contribution in [3.63, 3.8) is 0 Å². The maximum atomic E-state index is 11.9. The highest BCUT2D eigenvalue weighted by molar-refractivity contribution is 5.83. The zero-order valence-electron chi connectivity index (χ0n) is 28.2. The highest BCUT2D eigenvalue weighted by Gasteiger charge is 2.40. The van der Waals surface area contributed by atoms with Crippen LogP contribution in [-0.2, 0) is 23.8 Å². The van der Waals surface area contributed by atoms with Crippen LogP contribution in [0.2, 0.25) is 0 Å². The molecule has 0 unspecified atom stereocenters. The fourth-order valence-corrected chi connectivity index (χ4v) is 7.55. The van der Waals surface area contributed by atoms with Crippen LogP contribution in [0.25, 0.3) is 0 Å². The second-order valence-electron chi connectivity index (χ2n) is 14.3. The highest BCUT2D eigenvalue weighted by Crippen LogP contribution is 2.35. The van der Waals surface area contributed by atoms with E-state index in [0.29, 0.717) is 12.8 Å². The number of hydrogen-bond donors (Lipinski definition) is 2. The molecule has 0 saturated carbocycles. The van der Waals surface area contributed by atoms with Crippen LogP contribution in [0.5, 0.6) is 0 Å². The lowest BCUT2D eigenvalue weighted by Crippen LogP contribution is -2.33. The van der Waals surface area contributed by atoms with Gasteiger partial charge in [-0.05, 0) is 64.7 Å². The van der Waals surface area contributed by atoms with Crippen LogP contribution in [0.15, 0.2) is 0 Å². The summed E-state index contributed by atoms with van der Waals surface area (Å²) in [5.74, 6) is -0.348. The van der Waals surface area contributed by atoms with E-state index in [0.717, 1.165) is 77.0 Å². The van der Waals surface area contributed by atoms with Gasteiger partial charge in [-0.15, -0.1) is 0 Å².